The molecule has 0 aliphatic rings. The van der Waals surface area contributed by atoms with Crippen molar-refractivity contribution < 1.29 is 9.15 Å². The van der Waals surface area contributed by atoms with Crippen LogP contribution in [0.15, 0.2) is 94.4 Å². The summed E-state index contributed by atoms with van der Waals surface area (Å²) in [5, 5.41) is 13.5. The molecule has 0 saturated heterocycles. The first-order chi connectivity index (χ1) is 14.3. The maximum absolute atomic E-state index is 9.29. The summed E-state index contributed by atoms with van der Waals surface area (Å²) in [5.41, 5.74) is 4.50. The third-order valence-corrected chi connectivity index (χ3v) is 3.97. The molecule has 0 amide bonds. The fourth-order valence-electron chi connectivity index (χ4n) is 2.62. The number of oxazole rings is 1. The lowest BCUT2D eigenvalue weighted by atomic mass is 10.2. The predicted octanol–water partition coefficient (Wildman–Crippen LogP) is 5.45. The molecule has 4 aromatic rings. The molecule has 0 atom stereocenters. The van der Waals surface area contributed by atoms with Crippen molar-refractivity contribution >= 4 is 12.1 Å². The Labute approximate surface area is 167 Å². The van der Waals surface area contributed by atoms with E-state index in [0.717, 1.165) is 16.9 Å². The van der Waals surface area contributed by atoms with E-state index in [1.165, 1.54) is 0 Å². The van der Waals surface area contributed by atoms with Crippen molar-refractivity contribution in [1.29, 1.82) is 5.26 Å². The van der Waals surface area contributed by atoms with Crippen LogP contribution >= 0.6 is 0 Å². The molecule has 0 fully saturated rings. The highest BCUT2D eigenvalue weighted by molar-refractivity contribution is 5.80. The average Bonchev–Trinajstić information content (AvgIpc) is 3.19. The second-order valence-corrected chi connectivity index (χ2v) is 6.03. The SMILES string of the molecule is N#Cc1nc(-c2ccccc2)oc1N/N=C\c1cccc(Oc2ccccc2)c1. The van der Waals surface area contributed by atoms with Crippen LogP contribution in [0.4, 0.5) is 5.88 Å². The molecule has 1 heterocycles. The van der Waals surface area contributed by atoms with Gasteiger partial charge in [-0.05, 0) is 42.0 Å². The second kappa shape index (κ2) is 8.55. The van der Waals surface area contributed by atoms with E-state index in [0.29, 0.717) is 11.6 Å². The molecule has 0 bridgehead atoms. The van der Waals surface area contributed by atoms with Crippen molar-refractivity contribution in [2.75, 3.05) is 5.43 Å². The topological polar surface area (TPSA) is 83.4 Å². The first kappa shape index (κ1) is 18.0. The molecule has 29 heavy (non-hydrogen) atoms. The number of ether oxygens (including phenoxy) is 1. The summed E-state index contributed by atoms with van der Waals surface area (Å²) >= 11 is 0. The molecule has 0 radical (unpaired) electrons. The number of benzene rings is 3. The molecule has 1 aromatic heterocycles. The minimum atomic E-state index is 0.141. The number of hydrogen-bond donors (Lipinski definition) is 1. The van der Waals surface area contributed by atoms with Gasteiger partial charge in [-0.2, -0.15) is 15.3 Å². The van der Waals surface area contributed by atoms with Crippen molar-refractivity contribution in [3.05, 3.63) is 96.2 Å². The smallest absolute Gasteiger partial charge is 0.252 e. The van der Waals surface area contributed by atoms with Crippen LogP contribution < -0.4 is 10.2 Å². The molecule has 0 unspecified atom stereocenters. The molecular weight excluding hydrogens is 364 g/mol. The normalized spacial score (nSPS) is 10.6. The second-order valence-electron chi connectivity index (χ2n) is 6.03. The minimum Gasteiger partial charge on any atom is -0.457 e. The van der Waals surface area contributed by atoms with E-state index >= 15 is 0 Å². The van der Waals surface area contributed by atoms with E-state index < -0.39 is 0 Å². The van der Waals surface area contributed by atoms with Gasteiger partial charge >= 0.3 is 0 Å². The number of para-hydroxylation sites is 1. The van der Waals surface area contributed by atoms with Crippen molar-refractivity contribution in [2.45, 2.75) is 0 Å². The Morgan fingerprint density at radius 2 is 1.66 bits per heavy atom. The van der Waals surface area contributed by atoms with Crippen LogP contribution in [0.1, 0.15) is 11.3 Å². The average molecular weight is 380 g/mol. The molecule has 6 nitrogen and oxygen atoms in total. The fourth-order valence-corrected chi connectivity index (χ4v) is 2.62. The van der Waals surface area contributed by atoms with Gasteiger partial charge < -0.3 is 9.15 Å². The van der Waals surface area contributed by atoms with E-state index in [9.17, 15) is 5.26 Å². The zero-order valence-corrected chi connectivity index (χ0v) is 15.3. The van der Waals surface area contributed by atoms with E-state index in [-0.39, 0.29) is 11.6 Å². The molecule has 0 spiro atoms. The van der Waals surface area contributed by atoms with Crippen molar-refractivity contribution in [1.82, 2.24) is 4.98 Å². The van der Waals surface area contributed by atoms with Crippen LogP contribution in [0.5, 0.6) is 11.5 Å². The molecule has 0 aliphatic carbocycles. The van der Waals surface area contributed by atoms with E-state index in [2.05, 4.69) is 15.5 Å². The molecule has 1 N–H and O–H groups in total. The van der Waals surface area contributed by atoms with Crippen molar-refractivity contribution in [3.8, 4) is 29.0 Å². The van der Waals surface area contributed by atoms with Gasteiger partial charge in [0, 0.05) is 5.56 Å². The largest absolute Gasteiger partial charge is 0.457 e. The number of nitrogens with one attached hydrogen (secondary N) is 1. The number of hydrogen-bond acceptors (Lipinski definition) is 6. The molecular formula is C23H16N4O2. The Morgan fingerprint density at radius 3 is 2.41 bits per heavy atom. The van der Waals surface area contributed by atoms with Gasteiger partial charge in [-0.25, -0.2) is 5.43 Å². The lowest BCUT2D eigenvalue weighted by Crippen LogP contribution is -1.92. The van der Waals surface area contributed by atoms with E-state index in [1.807, 2.05) is 91.0 Å². The van der Waals surface area contributed by atoms with Crippen LogP contribution in [0, 0.1) is 11.3 Å². The Hall–Kier alpha value is -4.37. The third-order valence-electron chi connectivity index (χ3n) is 3.97. The van der Waals surface area contributed by atoms with Crippen LogP contribution in [0.2, 0.25) is 0 Å². The molecule has 6 heteroatoms. The van der Waals surface area contributed by atoms with Crippen molar-refractivity contribution in [2.24, 2.45) is 5.10 Å². The summed E-state index contributed by atoms with van der Waals surface area (Å²) in [6.07, 6.45) is 1.61. The maximum Gasteiger partial charge on any atom is 0.252 e. The van der Waals surface area contributed by atoms with Gasteiger partial charge in [0.2, 0.25) is 11.6 Å². The van der Waals surface area contributed by atoms with Gasteiger partial charge in [0.15, 0.2) is 0 Å². The van der Waals surface area contributed by atoms with Gasteiger partial charge in [-0.15, -0.1) is 0 Å². The Kier molecular flexibility index (Phi) is 5.31. The summed E-state index contributed by atoms with van der Waals surface area (Å²) in [6.45, 7) is 0. The summed E-state index contributed by atoms with van der Waals surface area (Å²) in [4.78, 5) is 4.20. The highest BCUT2D eigenvalue weighted by atomic mass is 16.5. The number of nitrogens with zero attached hydrogens (tertiary/aromatic N) is 3. The van der Waals surface area contributed by atoms with E-state index in [4.69, 9.17) is 9.15 Å². The predicted molar refractivity (Wildman–Crippen MR) is 111 cm³/mol. The van der Waals surface area contributed by atoms with Crippen LogP contribution in [-0.2, 0) is 0 Å². The first-order valence-electron chi connectivity index (χ1n) is 8.90. The van der Waals surface area contributed by atoms with Gasteiger partial charge in [-0.1, -0.05) is 48.5 Å². The maximum atomic E-state index is 9.29. The zero-order valence-electron chi connectivity index (χ0n) is 15.3. The Balaban J connectivity index is 1.47. The van der Waals surface area contributed by atoms with Crippen molar-refractivity contribution in [3.63, 3.8) is 0 Å². The number of hydrazone groups is 1. The first-order valence-corrected chi connectivity index (χ1v) is 8.90. The quantitative estimate of drug-likeness (QED) is 0.355. The third kappa shape index (κ3) is 4.49. The Bertz CT molecular complexity index is 1160. The molecule has 3 aromatic carbocycles. The number of anilines is 1. The Morgan fingerprint density at radius 1 is 0.931 bits per heavy atom. The highest BCUT2D eigenvalue weighted by Gasteiger charge is 2.13. The number of aromatic nitrogens is 1. The van der Waals surface area contributed by atoms with Gasteiger partial charge in [0.1, 0.15) is 17.6 Å². The highest BCUT2D eigenvalue weighted by Crippen LogP contribution is 2.25. The molecule has 0 aliphatic heterocycles. The molecule has 140 valence electrons. The summed E-state index contributed by atoms with van der Waals surface area (Å²) in [5.74, 6) is 2.01. The molecule has 0 saturated carbocycles. The summed E-state index contributed by atoms with van der Waals surface area (Å²) in [7, 11) is 0. The summed E-state index contributed by atoms with van der Waals surface area (Å²) < 4.78 is 11.5. The lowest BCUT2D eigenvalue weighted by Gasteiger charge is -2.05. The number of rotatable bonds is 6. The fraction of sp³-hybridized carbons (Fsp3) is 0. The van der Waals surface area contributed by atoms with Gasteiger partial charge in [0.05, 0.1) is 6.21 Å². The lowest BCUT2D eigenvalue weighted by molar-refractivity contribution is 0.482. The standard InChI is InChI=1S/C23H16N4O2/c24-15-21-23(29-22(26-21)18-9-3-1-4-10-18)27-25-16-17-8-7-13-20(14-17)28-19-11-5-2-6-12-19/h1-14,16,27H/b25-16-. The van der Waals surface area contributed by atoms with Crippen LogP contribution in [0.3, 0.4) is 0 Å². The monoisotopic (exact) mass is 380 g/mol. The zero-order chi connectivity index (χ0) is 19.9. The van der Waals surface area contributed by atoms with Crippen LogP contribution in [0.25, 0.3) is 11.5 Å². The van der Waals surface area contributed by atoms with Crippen LogP contribution in [-0.4, -0.2) is 11.2 Å². The summed E-state index contributed by atoms with van der Waals surface area (Å²) in [6, 6.07) is 28.4. The molecule has 4 rings (SSSR count). The minimum absolute atomic E-state index is 0.141. The number of nitriles is 1. The van der Waals surface area contributed by atoms with Gasteiger partial charge in [0.25, 0.3) is 5.88 Å². The van der Waals surface area contributed by atoms with Gasteiger partial charge in [-0.3, -0.25) is 0 Å². The van der Waals surface area contributed by atoms with E-state index in [1.54, 1.807) is 6.21 Å².